The van der Waals surface area contributed by atoms with Gasteiger partial charge >= 0.3 is 0 Å². The minimum absolute atomic E-state index is 0.530. The largest absolute Gasteiger partial charge is 0.388 e. The Hall–Kier alpha value is -2.89. The Kier molecular flexibility index (Phi) is 11.2. The number of aliphatic imine (C=N–C) groups is 1. The van der Waals surface area contributed by atoms with Crippen LogP contribution in [0.5, 0.6) is 5.75 Å². The molecule has 0 atom stereocenters. The molecule has 4 nitrogen and oxygen atoms in total. The Bertz CT molecular complexity index is 635. The molecule has 2 aromatic rings. The fraction of sp³-hybridized carbons (Fsp3) is 0.263. The summed E-state index contributed by atoms with van der Waals surface area (Å²) in [5, 5.41) is 8.39. The van der Waals surface area contributed by atoms with Gasteiger partial charge in [-0.2, -0.15) is 4.99 Å². The number of benzene rings is 2. The van der Waals surface area contributed by atoms with E-state index in [1.165, 1.54) is 6.08 Å². The lowest BCUT2D eigenvalue weighted by Crippen LogP contribution is -1.88. The summed E-state index contributed by atoms with van der Waals surface area (Å²) in [6.45, 7) is 8.00. The molecule has 4 heteroatoms. The van der Waals surface area contributed by atoms with Crippen LogP contribution in [0.25, 0.3) is 0 Å². The first-order valence-corrected chi connectivity index (χ1v) is 7.63. The molecule has 0 saturated heterocycles. The molecule has 0 unspecified atom stereocenters. The van der Waals surface area contributed by atoms with Gasteiger partial charge < -0.3 is 4.74 Å². The molecule has 0 N–H and O–H groups in total. The molecule has 0 heterocycles. The van der Waals surface area contributed by atoms with E-state index in [1.54, 1.807) is 30.5 Å². The van der Waals surface area contributed by atoms with Gasteiger partial charge in [0.1, 0.15) is 5.75 Å². The van der Waals surface area contributed by atoms with Crippen LogP contribution in [0, 0.1) is 11.5 Å². The van der Waals surface area contributed by atoms with Crippen molar-refractivity contribution in [2.24, 2.45) is 4.99 Å². The second-order valence-corrected chi connectivity index (χ2v) is 3.88. The smallest absolute Gasteiger partial charge is 0.292 e. The molecule has 2 aromatic carbocycles. The van der Waals surface area contributed by atoms with E-state index >= 15 is 0 Å². The summed E-state index contributed by atoms with van der Waals surface area (Å²) < 4.78 is 4.71. The van der Waals surface area contributed by atoms with Crippen LogP contribution >= 0.6 is 0 Å². The van der Waals surface area contributed by atoms with Gasteiger partial charge in [0.05, 0.1) is 5.69 Å². The fourth-order valence-corrected chi connectivity index (χ4v) is 1.70. The van der Waals surface area contributed by atoms with Crippen molar-refractivity contribution >= 4 is 11.8 Å². The van der Waals surface area contributed by atoms with E-state index in [1.807, 2.05) is 52.0 Å². The molecule has 0 bridgehead atoms. The third-order valence-electron chi connectivity index (χ3n) is 2.61. The molecule has 23 heavy (non-hydrogen) atoms. The summed E-state index contributed by atoms with van der Waals surface area (Å²) in [6.07, 6.45) is 3.90. The Labute approximate surface area is 138 Å². The number of carbonyl (C=O) groups excluding carboxylic acids is 1. The van der Waals surface area contributed by atoms with Gasteiger partial charge in [0.25, 0.3) is 6.26 Å². The predicted molar refractivity (Wildman–Crippen MR) is 92.4 cm³/mol. The van der Waals surface area contributed by atoms with Gasteiger partial charge in [-0.25, -0.2) is 4.79 Å². The zero-order chi connectivity index (χ0) is 17.5. The summed E-state index contributed by atoms with van der Waals surface area (Å²) >= 11 is 0. The Morgan fingerprint density at radius 2 is 1.39 bits per heavy atom. The number of rotatable bonds is 4. The van der Waals surface area contributed by atoms with Crippen molar-refractivity contribution in [3.05, 3.63) is 59.7 Å². The van der Waals surface area contributed by atoms with E-state index in [9.17, 15) is 4.79 Å². The molecule has 0 aliphatic heterocycles. The van der Waals surface area contributed by atoms with Gasteiger partial charge in [-0.15, -0.1) is 5.26 Å². The Morgan fingerprint density at radius 3 is 1.83 bits per heavy atom. The third-order valence-corrected chi connectivity index (χ3v) is 2.61. The molecule has 0 aliphatic carbocycles. The van der Waals surface area contributed by atoms with Crippen LogP contribution in [-0.2, 0) is 11.2 Å². The summed E-state index contributed by atoms with van der Waals surface area (Å²) in [7, 11) is 0. The maximum absolute atomic E-state index is 10.1. The van der Waals surface area contributed by atoms with E-state index in [4.69, 9.17) is 10.00 Å². The standard InChI is InChI=1S/C15H10N2O2.2C2H6/c16-10-19-15-7-3-13(4-8-15)9-12-1-5-14(6-2-12)17-11-18;2*1-2/h1-8H,9H2;2*1-2H3. The SMILES string of the molecule is CC.CC.N#COc1ccc(Cc2ccc(N=C=O)cc2)cc1. The topological polar surface area (TPSA) is 62.4 Å². The monoisotopic (exact) mass is 310 g/mol. The molecular formula is C19H22N2O2. The van der Waals surface area contributed by atoms with Crippen molar-refractivity contribution in [3.63, 3.8) is 0 Å². The maximum atomic E-state index is 10.1. The number of isocyanates is 1. The average molecular weight is 310 g/mol. The second-order valence-electron chi connectivity index (χ2n) is 3.88. The molecule has 0 spiro atoms. The van der Waals surface area contributed by atoms with Crippen LogP contribution in [0.4, 0.5) is 5.69 Å². The molecule has 120 valence electrons. The summed E-state index contributed by atoms with van der Waals surface area (Å²) in [6, 6.07) is 14.7. The fourth-order valence-electron chi connectivity index (χ4n) is 1.70. The van der Waals surface area contributed by atoms with Gasteiger partial charge in [-0.1, -0.05) is 52.0 Å². The van der Waals surface area contributed by atoms with E-state index in [2.05, 4.69) is 4.99 Å². The second kappa shape index (κ2) is 12.8. The minimum Gasteiger partial charge on any atom is -0.388 e. The summed E-state index contributed by atoms with van der Waals surface area (Å²) in [5.41, 5.74) is 2.81. The first-order chi connectivity index (χ1) is 11.3. The molecule has 0 aliphatic rings. The van der Waals surface area contributed by atoms with Crippen molar-refractivity contribution in [2.45, 2.75) is 34.1 Å². The highest BCUT2D eigenvalue weighted by molar-refractivity contribution is 5.49. The minimum atomic E-state index is 0.530. The van der Waals surface area contributed by atoms with Crippen LogP contribution in [0.3, 0.4) is 0 Å². The average Bonchev–Trinajstić information content (AvgIpc) is 2.62. The van der Waals surface area contributed by atoms with E-state index in [0.29, 0.717) is 11.4 Å². The zero-order valence-corrected chi connectivity index (χ0v) is 14.0. The summed E-state index contributed by atoms with van der Waals surface area (Å²) in [5.74, 6) is 0.530. The van der Waals surface area contributed by atoms with Crippen LogP contribution in [0.2, 0.25) is 0 Å². The van der Waals surface area contributed by atoms with E-state index in [0.717, 1.165) is 17.5 Å². The summed E-state index contributed by atoms with van der Waals surface area (Å²) in [4.78, 5) is 13.6. The first kappa shape index (κ1) is 20.1. The van der Waals surface area contributed by atoms with Crippen LogP contribution < -0.4 is 4.74 Å². The lowest BCUT2D eigenvalue weighted by atomic mass is 10.0. The number of nitriles is 1. The molecule has 0 amide bonds. The molecular weight excluding hydrogens is 288 g/mol. The maximum Gasteiger partial charge on any atom is 0.292 e. The van der Waals surface area contributed by atoms with Crippen LogP contribution in [0.1, 0.15) is 38.8 Å². The highest BCUT2D eigenvalue weighted by Crippen LogP contribution is 2.17. The van der Waals surface area contributed by atoms with E-state index in [-0.39, 0.29) is 0 Å². The zero-order valence-electron chi connectivity index (χ0n) is 14.0. The molecule has 2 rings (SSSR count). The normalized spacial score (nSPS) is 8.13. The molecule has 0 aromatic heterocycles. The molecule has 0 fully saturated rings. The van der Waals surface area contributed by atoms with Crippen molar-refractivity contribution in [1.29, 1.82) is 5.26 Å². The number of hydrogen-bond donors (Lipinski definition) is 0. The number of hydrogen-bond acceptors (Lipinski definition) is 4. The lowest BCUT2D eigenvalue weighted by Gasteiger charge is -2.03. The van der Waals surface area contributed by atoms with Crippen molar-refractivity contribution in [3.8, 4) is 12.0 Å². The van der Waals surface area contributed by atoms with Crippen molar-refractivity contribution in [2.75, 3.05) is 0 Å². The lowest BCUT2D eigenvalue weighted by molar-refractivity contribution is 0.507. The van der Waals surface area contributed by atoms with Gasteiger partial charge in [-0.05, 0) is 41.8 Å². The van der Waals surface area contributed by atoms with Crippen molar-refractivity contribution in [1.82, 2.24) is 0 Å². The van der Waals surface area contributed by atoms with Crippen LogP contribution in [-0.4, -0.2) is 6.08 Å². The highest BCUT2D eigenvalue weighted by Gasteiger charge is 1.98. The number of ether oxygens (including phenoxy) is 1. The first-order valence-electron chi connectivity index (χ1n) is 7.63. The quantitative estimate of drug-likeness (QED) is 0.445. The third kappa shape index (κ3) is 7.61. The van der Waals surface area contributed by atoms with Gasteiger partial charge in [-0.3, -0.25) is 0 Å². The number of nitrogens with zero attached hydrogens (tertiary/aromatic N) is 2. The van der Waals surface area contributed by atoms with Gasteiger partial charge in [0, 0.05) is 0 Å². The van der Waals surface area contributed by atoms with Crippen molar-refractivity contribution < 1.29 is 9.53 Å². The molecule has 0 saturated carbocycles. The van der Waals surface area contributed by atoms with Crippen LogP contribution in [0.15, 0.2) is 53.5 Å². The van der Waals surface area contributed by atoms with Gasteiger partial charge in [0.15, 0.2) is 0 Å². The molecule has 0 radical (unpaired) electrons. The predicted octanol–water partition coefficient (Wildman–Crippen LogP) is 5.16. The Morgan fingerprint density at radius 1 is 0.913 bits per heavy atom. The van der Waals surface area contributed by atoms with E-state index < -0.39 is 0 Å². The van der Waals surface area contributed by atoms with Gasteiger partial charge in [0.2, 0.25) is 6.08 Å². The Balaban J connectivity index is 0.00000112. The highest BCUT2D eigenvalue weighted by atomic mass is 16.5.